The summed E-state index contributed by atoms with van der Waals surface area (Å²) in [6.45, 7) is 1.84. The summed E-state index contributed by atoms with van der Waals surface area (Å²) in [6, 6.07) is 4.98. The summed E-state index contributed by atoms with van der Waals surface area (Å²) in [7, 11) is 0. The zero-order valence-corrected chi connectivity index (χ0v) is 10.5. The molecule has 1 saturated carbocycles. The summed E-state index contributed by atoms with van der Waals surface area (Å²) in [4.78, 5) is 12.0. The van der Waals surface area contributed by atoms with Gasteiger partial charge < -0.3 is 15.5 Å². The number of aliphatic hydroxyl groups is 1. The lowest BCUT2D eigenvalue weighted by Gasteiger charge is -2.26. The van der Waals surface area contributed by atoms with Crippen LogP contribution in [0.15, 0.2) is 18.2 Å². The van der Waals surface area contributed by atoms with Crippen LogP contribution in [-0.2, 0) is 0 Å². The average Bonchev–Trinajstić information content (AvgIpc) is 2.31. The van der Waals surface area contributed by atoms with Crippen LogP contribution in [0.3, 0.4) is 0 Å². The maximum atomic E-state index is 12.0. The quantitative estimate of drug-likeness (QED) is 0.747. The molecule has 4 nitrogen and oxygen atoms in total. The first-order valence-electron chi connectivity index (χ1n) is 6.34. The van der Waals surface area contributed by atoms with Gasteiger partial charge in [0.1, 0.15) is 5.75 Å². The van der Waals surface area contributed by atoms with Crippen molar-refractivity contribution in [2.24, 2.45) is 0 Å². The molecule has 0 bridgehead atoms. The molecule has 0 aliphatic heterocycles. The van der Waals surface area contributed by atoms with Crippen LogP contribution in [0.4, 0.5) is 0 Å². The highest BCUT2D eigenvalue weighted by Gasteiger charge is 2.21. The maximum absolute atomic E-state index is 12.0. The topological polar surface area (TPSA) is 69.6 Å². The molecule has 1 amide bonds. The highest BCUT2D eigenvalue weighted by Crippen LogP contribution is 2.20. The third-order valence-electron chi connectivity index (χ3n) is 3.36. The number of hydrogen-bond donors (Lipinski definition) is 3. The van der Waals surface area contributed by atoms with Gasteiger partial charge in [-0.15, -0.1) is 0 Å². The number of phenolic OH excluding ortho intramolecular Hbond substituents is 1. The number of phenols is 1. The van der Waals surface area contributed by atoms with E-state index in [1.807, 2.05) is 6.92 Å². The number of hydrogen-bond acceptors (Lipinski definition) is 3. The summed E-state index contributed by atoms with van der Waals surface area (Å²) in [5.41, 5.74) is 1.35. The van der Waals surface area contributed by atoms with Gasteiger partial charge in [0.05, 0.1) is 6.10 Å². The van der Waals surface area contributed by atoms with E-state index in [1.54, 1.807) is 12.1 Å². The number of carbonyl (C=O) groups excluding carboxylic acids is 1. The van der Waals surface area contributed by atoms with Crippen molar-refractivity contribution in [3.05, 3.63) is 29.3 Å². The van der Waals surface area contributed by atoms with Crippen LogP contribution >= 0.6 is 0 Å². The van der Waals surface area contributed by atoms with Gasteiger partial charge in [-0.1, -0.05) is 0 Å². The van der Waals surface area contributed by atoms with Gasteiger partial charge in [-0.3, -0.25) is 4.79 Å². The monoisotopic (exact) mass is 249 g/mol. The fourth-order valence-electron chi connectivity index (χ4n) is 2.38. The number of aromatic hydroxyl groups is 1. The van der Waals surface area contributed by atoms with Crippen LogP contribution in [0.2, 0.25) is 0 Å². The fraction of sp³-hybridized carbons (Fsp3) is 0.500. The third-order valence-corrected chi connectivity index (χ3v) is 3.36. The molecule has 4 heteroatoms. The van der Waals surface area contributed by atoms with Crippen molar-refractivity contribution in [3.63, 3.8) is 0 Å². The molecule has 1 aliphatic carbocycles. The largest absolute Gasteiger partial charge is 0.508 e. The molecule has 0 spiro atoms. The Kier molecular flexibility index (Phi) is 3.87. The van der Waals surface area contributed by atoms with E-state index in [4.69, 9.17) is 0 Å². The zero-order chi connectivity index (χ0) is 13.1. The Bertz CT molecular complexity index is 416. The van der Waals surface area contributed by atoms with Crippen molar-refractivity contribution in [2.75, 3.05) is 0 Å². The number of carbonyl (C=O) groups is 1. The van der Waals surface area contributed by atoms with E-state index < -0.39 is 0 Å². The minimum atomic E-state index is -0.221. The van der Waals surface area contributed by atoms with Crippen molar-refractivity contribution in [1.82, 2.24) is 5.32 Å². The predicted molar refractivity (Wildman–Crippen MR) is 68.6 cm³/mol. The normalized spacial score (nSPS) is 23.7. The van der Waals surface area contributed by atoms with Crippen LogP contribution in [0.5, 0.6) is 5.75 Å². The van der Waals surface area contributed by atoms with E-state index in [9.17, 15) is 15.0 Å². The first-order valence-corrected chi connectivity index (χ1v) is 6.34. The Morgan fingerprint density at radius 2 is 1.89 bits per heavy atom. The lowest BCUT2D eigenvalue weighted by atomic mass is 9.93. The molecule has 2 rings (SSSR count). The lowest BCUT2D eigenvalue weighted by Crippen LogP contribution is -2.38. The molecule has 0 atom stereocenters. The van der Waals surface area contributed by atoms with Crippen molar-refractivity contribution < 1.29 is 15.0 Å². The smallest absolute Gasteiger partial charge is 0.251 e. The van der Waals surface area contributed by atoms with Crippen LogP contribution in [0, 0.1) is 6.92 Å². The van der Waals surface area contributed by atoms with Gasteiger partial charge in [0, 0.05) is 11.6 Å². The highest BCUT2D eigenvalue weighted by molar-refractivity contribution is 5.95. The van der Waals surface area contributed by atoms with Crippen molar-refractivity contribution in [2.45, 2.75) is 44.8 Å². The second-order valence-corrected chi connectivity index (χ2v) is 5.04. The molecule has 0 radical (unpaired) electrons. The molecule has 0 aromatic heterocycles. The third kappa shape index (κ3) is 3.23. The first-order chi connectivity index (χ1) is 8.54. The van der Waals surface area contributed by atoms with Crippen LogP contribution in [0.25, 0.3) is 0 Å². The predicted octanol–water partition coefficient (Wildman–Crippen LogP) is 1.73. The molecular formula is C14H19NO3. The van der Waals surface area contributed by atoms with Crippen molar-refractivity contribution >= 4 is 5.91 Å². The Morgan fingerprint density at radius 1 is 1.22 bits per heavy atom. The Balaban J connectivity index is 1.99. The van der Waals surface area contributed by atoms with Gasteiger partial charge in [-0.25, -0.2) is 0 Å². The minimum absolute atomic E-state index is 0.110. The SMILES string of the molecule is Cc1cc(O)cc(C(=O)NC2CCC(O)CC2)c1. The molecule has 0 unspecified atom stereocenters. The van der Waals surface area contributed by atoms with Crippen LogP contribution in [0.1, 0.15) is 41.6 Å². The summed E-state index contributed by atoms with van der Waals surface area (Å²) in [6.07, 6.45) is 2.88. The molecule has 18 heavy (non-hydrogen) atoms. The second-order valence-electron chi connectivity index (χ2n) is 5.04. The summed E-state index contributed by atoms with van der Waals surface area (Å²) < 4.78 is 0. The highest BCUT2D eigenvalue weighted by atomic mass is 16.3. The average molecular weight is 249 g/mol. The Labute approximate surface area is 107 Å². The van der Waals surface area contributed by atoms with E-state index in [-0.39, 0.29) is 23.8 Å². The zero-order valence-electron chi connectivity index (χ0n) is 10.5. The van der Waals surface area contributed by atoms with Crippen LogP contribution < -0.4 is 5.32 Å². The molecule has 0 saturated heterocycles. The number of benzene rings is 1. The van der Waals surface area contributed by atoms with Gasteiger partial charge in [0.2, 0.25) is 0 Å². The Morgan fingerprint density at radius 3 is 2.50 bits per heavy atom. The van der Waals surface area contributed by atoms with Crippen LogP contribution in [-0.4, -0.2) is 28.3 Å². The molecule has 1 aromatic carbocycles. The van der Waals surface area contributed by atoms with Gasteiger partial charge in [0.15, 0.2) is 0 Å². The standard InChI is InChI=1S/C14H19NO3/c1-9-6-10(8-13(17)7-9)14(18)15-11-2-4-12(16)5-3-11/h6-8,11-12,16-17H,2-5H2,1H3,(H,15,18). The van der Waals surface area contributed by atoms with Gasteiger partial charge >= 0.3 is 0 Å². The van der Waals surface area contributed by atoms with E-state index in [1.165, 1.54) is 6.07 Å². The first kappa shape index (κ1) is 12.9. The fourth-order valence-corrected chi connectivity index (χ4v) is 2.38. The molecule has 0 heterocycles. The molecule has 1 aromatic rings. The lowest BCUT2D eigenvalue weighted by molar-refractivity contribution is 0.0867. The molecular weight excluding hydrogens is 230 g/mol. The summed E-state index contributed by atoms with van der Waals surface area (Å²) >= 11 is 0. The summed E-state index contributed by atoms with van der Waals surface area (Å²) in [5.74, 6) is -0.0467. The molecule has 3 N–H and O–H groups in total. The second kappa shape index (κ2) is 5.40. The molecule has 1 aliphatic rings. The van der Waals surface area contributed by atoms with E-state index >= 15 is 0 Å². The minimum Gasteiger partial charge on any atom is -0.508 e. The number of amides is 1. The van der Waals surface area contributed by atoms with Crippen molar-refractivity contribution in [1.29, 1.82) is 0 Å². The van der Waals surface area contributed by atoms with Gasteiger partial charge in [0.25, 0.3) is 5.91 Å². The molecule has 1 fully saturated rings. The summed E-state index contributed by atoms with van der Waals surface area (Å²) in [5, 5.41) is 21.8. The number of aliphatic hydroxyl groups excluding tert-OH is 1. The van der Waals surface area contributed by atoms with E-state index in [0.29, 0.717) is 5.56 Å². The van der Waals surface area contributed by atoms with Gasteiger partial charge in [-0.05, 0) is 56.4 Å². The number of rotatable bonds is 2. The molecule has 98 valence electrons. The van der Waals surface area contributed by atoms with E-state index in [2.05, 4.69) is 5.32 Å². The number of aryl methyl sites for hydroxylation is 1. The van der Waals surface area contributed by atoms with Gasteiger partial charge in [-0.2, -0.15) is 0 Å². The number of nitrogens with one attached hydrogen (secondary N) is 1. The Hall–Kier alpha value is -1.55. The van der Waals surface area contributed by atoms with E-state index in [0.717, 1.165) is 31.2 Å². The van der Waals surface area contributed by atoms with Crippen molar-refractivity contribution in [3.8, 4) is 5.75 Å². The maximum Gasteiger partial charge on any atom is 0.251 e.